The van der Waals surface area contributed by atoms with Crippen LogP contribution in [0.1, 0.15) is 0 Å². The molecule has 1 rings (SSSR count). The van der Waals surface area contributed by atoms with Crippen molar-refractivity contribution >= 4 is 37.9 Å². The van der Waals surface area contributed by atoms with Gasteiger partial charge >= 0.3 is 113 Å². The molecule has 0 radical (unpaired) electrons. The fraction of sp³-hybridized carbons (Fsp3) is 0.800. The molecule has 92 valence electrons. The zero-order valence-corrected chi connectivity index (χ0v) is 16.3. The van der Waals surface area contributed by atoms with Crippen molar-refractivity contribution in [1.82, 2.24) is 8.18 Å². The Labute approximate surface area is 113 Å². The predicted molar refractivity (Wildman–Crippen MR) is 77.4 cm³/mol. The SMILES string of the molecule is CN(C)[N]1[Sb]=[N]C([Si](C)(C)C)=C1[Si](C)(C)C. The van der Waals surface area contributed by atoms with Crippen LogP contribution in [0.25, 0.3) is 0 Å². The van der Waals surface area contributed by atoms with E-state index in [1.807, 2.05) is 0 Å². The molecule has 0 fully saturated rings. The van der Waals surface area contributed by atoms with Gasteiger partial charge in [-0.25, -0.2) is 0 Å². The fourth-order valence-electron chi connectivity index (χ4n) is 1.71. The normalized spacial score (nSPS) is 17.9. The van der Waals surface area contributed by atoms with Crippen LogP contribution in [0, 0.1) is 0 Å². The molecule has 0 amide bonds. The molecule has 0 spiro atoms. The molecule has 0 aromatic rings. The van der Waals surface area contributed by atoms with E-state index >= 15 is 0 Å². The van der Waals surface area contributed by atoms with Crippen molar-refractivity contribution in [1.29, 1.82) is 0 Å². The molecule has 1 aliphatic heterocycles. The Hall–Kier alpha value is 0.552. The van der Waals surface area contributed by atoms with Crippen LogP contribution >= 0.6 is 0 Å². The van der Waals surface area contributed by atoms with Gasteiger partial charge in [-0.05, 0) is 0 Å². The summed E-state index contributed by atoms with van der Waals surface area (Å²) in [7, 11) is 1.75. The maximum absolute atomic E-state index is 4.97. The molecule has 0 aliphatic carbocycles. The summed E-state index contributed by atoms with van der Waals surface area (Å²) in [5, 5.41) is 5.38. The quantitative estimate of drug-likeness (QED) is 0.717. The molecular weight excluding hydrogens is 340 g/mol. The van der Waals surface area contributed by atoms with Crippen molar-refractivity contribution in [3.63, 3.8) is 0 Å². The van der Waals surface area contributed by atoms with Crippen LogP contribution in [-0.4, -0.2) is 60.1 Å². The van der Waals surface area contributed by atoms with Gasteiger partial charge in [0.05, 0.1) is 0 Å². The third kappa shape index (κ3) is 3.06. The van der Waals surface area contributed by atoms with E-state index in [1.165, 1.54) is 5.32 Å². The van der Waals surface area contributed by atoms with Gasteiger partial charge in [-0.1, -0.05) is 0 Å². The first-order valence-corrected chi connectivity index (χ1v) is 15.0. The Morgan fingerprint density at radius 3 is 1.81 bits per heavy atom. The van der Waals surface area contributed by atoms with Crippen molar-refractivity contribution in [2.75, 3.05) is 14.1 Å². The van der Waals surface area contributed by atoms with Crippen LogP contribution in [0.4, 0.5) is 0 Å². The van der Waals surface area contributed by atoms with Gasteiger partial charge in [0.2, 0.25) is 0 Å². The van der Waals surface area contributed by atoms with Crippen LogP contribution < -0.4 is 0 Å². The van der Waals surface area contributed by atoms with E-state index in [4.69, 9.17) is 3.09 Å². The van der Waals surface area contributed by atoms with E-state index in [0.29, 0.717) is 0 Å². The third-order valence-corrected chi connectivity index (χ3v) is 10.4. The summed E-state index contributed by atoms with van der Waals surface area (Å²) in [6.07, 6.45) is 0. The van der Waals surface area contributed by atoms with Crippen molar-refractivity contribution in [2.24, 2.45) is 3.09 Å². The van der Waals surface area contributed by atoms with Gasteiger partial charge in [-0.3, -0.25) is 0 Å². The van der Waals surface area contributed by atoms with Gasteiger partial charge < -0.3 is 0 Å². The molecule has 1 heterocycles. The van der Waals surface area contributed by atoms with Gasteiger partial charge in [-0.2, -0.15) is 0 Å². The average Bonchev–Trinajstić information content (AvgIpc) is 2.43. The molecule has 0 atom stereocenters. The van der Waals surface area contributed by atoms with Crippen LogP contribution in [0.15, 0.2) is 13.7 Å². The Morgan fingerprint density at radius 2 is 1.50 bits per heavy atom. The van der Waals surface area contributed by atoms with E-state index in [0.717, 1.165) is 0 Å². The van der Waals surface area contributed by atoms with Gasteiger partial charge in [-0.15, -0.1) is 0 Å². The topological polar surface area (TPSA) is 18.8 Å². The minimum absolute atomic E-state index is 0.568. The molecule has 0 unspecified atom stereocenters. The summed E-state index contributed by atoms with van der Waals surface area (Å²) in [4.78, 5) is 0. The van der Waals surface area contributed by atoms with E-state index in [-0.39, 0.29) is 0 Å². The molecule has 0 aromatic carbocycles. The first-order valence-electron chi connectivity index (χ1n) is 5.69. The van der Waals surface area contributed by atoms with Crippen LogP contribution in [0.5, 0.6) is 0 Å². The van der Waals surface area contributed by atoms with E-state index in [9.17, 15) is 0 Å². The standard InChI is InChI=1S/C10H24N3Si2.Sb/c1-13(2)12-10(15(6,7)8)9(11)14(3,4)5;/h1-8H3;/q-1;+1. The molecule has 0 aromatic heterocycles. The zero-order valence-electron chi connectivity index (χ0n) is 11.8. The number of hydrogen-bond donors (Lipinski definition) is 0. The van der Waals surface area contributed by atoms with Crippen LogP contribution in [0.2, 0.25) is 39.3 Å². The fourth-order valence-corrected chi connectivity index (χ4v) is 14.7. The summed E-state index contributed by atoms with van der Waals surface area (Å²) in [5.41, 5.74) is 0. The maximum atomic E-state index is 4.97. The molecule has 0 saturated carbocycles. The van der Waals surface area contributed by atoms with Crippen molar-refractivity contribution in [3.05, 3.63) is 10.6 Å². The molecule has 0 N–H and O–H groups in total. The number of rotatable bonds is 3. The molecule has 3 nitrogen and oxygen atoms in total. The Morgan fingerprint density at radius 1 is 1.00 bits per heavy atom. The first-order chi connectivity index (χ1) is 7.05. The van der Waals surface area contributed by atoms with Crippen molar-refractivity contribution in [3.8, 4) is 0 Å². The third-order valence-electron chi connectivity index (χ3n) is 2.45. The summed E-state index contributed by atoms with van der Waals surface area (Å²) < 4.78 is 7.48. The predicted octanol–water partition coefficient (Wildman–Crippen LogP) is 2.55. The Kier molecular flexibility index (Phi) is 4.27. The zero-order chi connectivity index (χ0) is 12.7. The van der Waals surface area contributed by atoms with Crippen molar-refractivity contribution in [2.45, 2.75) is 39.3 Å². The summed E-state index contributed by atoms with van der Waals surface area (Å²) in [6.45, 7) is 14.6. The van der Waals surface area contributed by atoms with Gasteiger partial charge in [0.1, 0.15) is 0 Å². The van der Waals surface area contributed by atoms with E-state index in [2.05, 4.69) is 61.6 Å². The molecule has 0 bridgehead atoms. The van der Waals surface area contributed by atoms with Gasteiger partial charge in [0.15, 0.2) is 0 Å². The molecular formula is C10H24N3SbSi2. The summed E-state index contributed by atoms with van der Waals surface area (Å²) in [5.74, 6) is 0. The van der Waals surface area contributed by atoms with Gasteiger partial charge in [0, 0.05) is 0 Å². The number of nitrogens with zero attached hydrogens (tertiary/aromatic N) is 3. The second-order valence-corrected chi connectivity index (χ2v) is 18.6. The first kappa shape index (κ1) is 14.6. The molecule has 1 aliphatic rings. The molecule has 16 heavy (non-hydrogen) atoms. The van der Waals surface area contributed by atoms with Gasteiger partial charge in [0.25, 0.3) is 0 Å². The summed E-state index contributed by atoms with van der Waals surface area (Å²) in [6, 6.07) is 0. The minimum atomic E-state index is -1.28. The van der Waals surface area contributed by atoms with E-state index in [1.54, 1.807) is 5.32 Å². The monoisotopic (exact) mass is 363 g/mol. The second kappa shape index (κ2) is 4.67. The Bertz CT molecular complexity index is 337. The molecule has 6 heteroatoms. The van der Waals surface area contributed by atoms with Crippen LogP contribution in [0.3, 0.4) is 0 Å². The summed E-state index contributed by atoms with van der Waals surface area (Å²) >= 11 is -0.568. The number of hydrazine groups is 1. The van der Waals surface area contributed by atoms with Crippen LogP contribution in [-0.2, 0) is 0 Å². The molecule has 0 saturated heterocycles. The number of hydrogen-bond acceptors (Lipinski definition) is 3. The van der Waals surface area contributed by atoms with Crippen molar-refractivity contribution < 1.29 is 0 Å². The Balaban J connectivity index is 3.28. The second-order valence-electron chi connectivity index (χ2n) is 6.52. The average molecular weight is 364 g/mol. The van der Waals surface area contributed by atoms with E-state index < -0.39 is 37.9 Å².